The summed E-state index contributed by atoms with van der Waals surface area (Å²) >= 11 is 0. The molecule has 0 aliphatic carbocycles. The summed E-state index contributed by atoms with van der Waals surface area (Å²) in [7, 11) is 0. The van der Waals surface area contributed by atoms with Gasteiger partial charge in [0, 0.05) is 42.1 Å². The average Bonchev–Trinajstić information content (AvgIpc) is 2.49. The molecule has 5 heteroatoms. The summed E-state index contributed by atoms with van der Waals surface area (Å²) in [5, 5.41) is 3.25. The van der Waals surface area contributed by atoms with E-state index in [0.29, 0.717) is 0 Å². The SMILES string of the molecule is Cc1nc(Nc2ccncc2)cc(-c2ccncc2)n1. The van der Waals surface area contributed by atoms with Crippen molar-refractivity contribution in [2.24, 2.45) is 0 Å². The van der Waals surface area contributed by atoms with Gasteiger partial charge in [-0.1, -0.05) is 0 Å². The van der Waals surface area contributed by atoms with Crippen molar-refractivity contribution in [1.82, 2.24) is 19.9 Å². The van der Waals surface area contributed by atoms with Gasteiger partial charge in [0.25, 0.3) is 0 Å². The highest BCUT2D eigenvalue weighted by molar-refractivity contribution is 5.65. The molecule has 20 heavy (non-hydrogen) atoms. The maximum Gasteiger partial charge on any atom is 0.134 e. The number of aryl methyl sites for hydroxylation is 1. The Morgan fingerprint density at radius 1 is 0.850 bits per heavy atom. The molecule has 0 amide bonds. The zero-order valence-electron chi connectivity index (χ0n) is 11.0. The van der Waals surface area contributed by atoms with Gasteiger partial charge in [-0.3, -0.25) is 9.97 Å². The van der Waals surface area contributed by atoms with Crippen LogP contribution in [0.25, 0.3) is 11.3 Å². The Balaban J connectivity index is 1.95. The lowest BCUT2D eigenvalue weighted by Gasteiger charge is -2.08. The third-order valence-electron chi connectivity index (χ3n) is 2.77. The third-order valence-corrected chi connectivity index (χ3v) is 2.77. The molecule has 0 aliphatic heterocycles. The van der Waals surface area contributed by atoms with Crippen LogP contribution in [0.5, 0.6) is 0 Å². The summed E-state index contributed by atoms with van der Waals surface area (Å²) in [6.07, 6.45) is 6.98. The highest BCUT2D eigenvalue weighted by Crippen LogP contribution is 2.21. The van der Waals surface area contributed by atoms with Gasteiger partial charge in [0.2, 0.25) is 0 Å². The van der Waals surface area contributed by atoms with Crippen LogP contribution in [-0.2, 0) is 0 Å². The molecule has 3 rings (SSSR count). The third kappa shape index (κ3) is 2.77. The minimum atomic E-state index is 0.718. The van der Waals surface area contributed by atoms with Gasteiger partial charge in [0.15, 0.2) is 0 Å². The van der Waals surface area contributed by atoms with Crippen LogP contribution in [0, 0.1) is 6.92 Å². The topological polar surface area (TPSA) is 63.6 Å². The minimum Gasteiger partial charge on any atom is -0.340 e. The van der Waals surface area contributed by atoms with Crippen molar-refractivity contribution in [2.45, 2.75) is 6.92 Å². The molecule has 0 aliphatic rings. The number of hydrogen-bond donors (Lipinski definition) is 1. The van der Waals surface area contributed by atoms with E-state index in [-0.39, 0.29) is 0 Å². The van der Waals surface area contributed by atoms with Crippen molar-refractivity contribution in [2.75, 3.05) is 5.32 Å². The lowest BCUT2D eigenvalue weighted by molar-refractivity contribution is 1.06. The first-order chi connectivity index (χ1) is 9.81. The fraction of sp³-hybridized carbons (Fsp3) is 0.0667. The molecular formula is C15H13N5. The number of rotatable bonds is 3. The number of nitrogens with one attached hydrogen (secondary N) is 1. The highest BCUT2D eigenvalue weighted by atomic mass is 15.0. The first kappa shape index (κ1) is 12.2. The van der Waals surface area contributed by atoms with Gasteiger partial charge < -0.3 is 5.32 Å². The van der Waals surface area contributed by atoms with E-state index in [4.69, 9.17) is 0 Å². The first-order valence-electron chi connectivity index (χ1n) is 6.24. The molecule has 1 N–H and O–H groups in total. The second kappa shape index (κ2) is 5.44. The van der Waals surface area contributed by atoms with E-state index in [1.807, 2.05) is 37.3 Å². The quantitative estimate of drug-likeness (QED) is 0.787. The van der Waals surface area contributed by atoms with Crippen LogP contribution in [0.2, 0.25) is 0 Å². The second-order valence-electron chi connectivity index (χ2n) is 4.28. The molecule has 5 nitrogen and oxygen atoms in total. The maximum atomic E-state index is 4.45. The molecular weight excluding hydrogens is 250 g/mol. The Labute approximate surface area is 116 Å². The van der Waals surface area contributed by atoms with Crippen molar-refractivity contribution < 1.29 is 0 Å². The predicted octanol–water partition coefficient (Wildman–Crippen LogP) is 2.99. The van der Waals surface area contributed by atoms with Gasteiger partial charge in [0.1, 0.15) is 11.6 Å². The largest absolute Gasteiger partial charge is 0.340 e. The van der Waals surface area contributed by atoms with E-state index >= 15 is 0 Å². The molecule has 0 radical (unpaired) electrons. The number of aromatic nitrogens is 4. The van der Waals surface area contributed by atoms with Crippen LogP contribution >= 0.6 is 0 Å². The van der Waals surface area contributed by atoms with Crippen molar-refractivity contribution in [3.8, 4) is 11.3 Å². The molecule has 0 atom stereocenters. The molecule has 0 spiro atoms. The zero-order chi connectivity index (χ0) is 13.8. The van der Waals surface area contributed by atoms with Gasteiger partial charge in [-0.2, -0.15) is 0 Å². The fourth-order valence-electron chi connectivity index (χ4n) is 1.89. The van der Waals surface area contributed by atoms with E-state index < -0.39 is 0 Å². The smallest absolute Gasteiger partial charge is 0.134 e. The van der Waals surface area contributed by atoms with E-state index in [1.165, 1.54) is 0 Å². The molecule has 0 aromatic carbocycles. The monoisotopic (exact) mass is 263 g/mol. The summed E-state index contributed by atoms with van der Waals surface area (Å²) in [5.74, 6) is 1.48. The summed E-state index contributed by atoms with van der Waals surface area (Å²) in [4.78, 5) is 16.9. The van der Waals surface area contributed by atoms with Crippen molar-refractivity contribution in [3.05, 3.63) is 60.9 Å². The standard InChI is InChI=1S/C15H13N5/c1-11-18-14(12-2-6-16-7-3-12)10-15(19-11)20-13-4-8-17-9-5-13/h2-10H,1H3,(H,17,18,19,20). The lowest BCUT2D eigenvalue weighted by Crippen LogP contribution is -1.99. The summed E-state index contributed by atoms with van der Waals surface area (Å²) in [5.41, 5.74) is 2.83. The Bertz CT molecular complexity index is 698. The Hall–Kier alpha value is -2.82. The number of anilines is 2. The fourth-order valence-corrected chi connectivity index (χ4v) is 1.89. The van der Waals surface area contributed by atoms with Gasteiger partial charge in [-0.25, -0.2) is 9.97 Å². The Morgan fingerprint density at radius 3 is 2.20 bits per heavy atom. The summed E-state index contributed by atoms with van der Waals surface area (Å²) in [6, 6.07) is 9.56. The van der Waals surface area contributed by atoms with Crippen LogP contribution in [-0.4, -0.2) is 19.9 Å². The predicted molar refractivity (Wildman–Crippen MR) is 77.5 cm³/mol. The number of hydrogen-bond acceptors (Lipinski definition) is 5. The van der Waals surface area contributed by atoms with Gasteiger partial charge in [0.05, 0.1) is 5.69 Å². The summed E-state index contributed by atoms with van der Waals surface area (Å²) < 4.78 is 0. The van der Waals surface area contributed by atoms with Gasteiger partial charge >= 0.3 is 0 Å². The number of nitrogens with zero attached hydrogens (tertiary/aromatic N) is 4. The van der Waals surface area contributed by atoms with Gasteiger partial charge in [-0.05, 0) is 31.2 Å². The van der Waals surface area contributed by atoms with E-state index in [1.54, 1.807) is 24.8 Å². The Kier molecular flexibility index (Phi) is 3.33. The van der Waals surface area contributed by atoms with Crippen LogP contribution in [0.3, 0.4) is 0 Å². The van der Waals surface area contributed by atoms with Crippen molar-refractivity contribution >= 4 is 11.5 Å². The molecule has 0 fully saturated rings. The van der Waals surface area contributed by atoms with E-state index in [2.05, 4.69) is 25.3 Å². The zero-order valence-corrected chi connectivity index (χ0v) is 11.0. The molecule has 3 heterocycles. The molecule has 3 aromatic rings. The van der Waals surface area contributed by atoms with Crippen molar-refractivity contribution in [1.29, 1.82) is 0 Å². The highest BCUT2D eigenvalue weighted by Gasteiger charge is 2.04. The lowest BCUT2D eigenvalue weighted by atomic mass is 10.2. The average molecular weight is 263 g/mol. The van der Waals surface area contributed by atoms with Crippen LogP contribution in [0.15, 0.2) is 55.1 Å². The summed E-state index contributed by atoms with van der Waals surface area (Å²) in [6.45, 7) is 1.88. The van der Waals surface area contributed by atoms with E-state index in [0.717, 1.165) is 28.6 Å². The van der Waals surface area contributed by atoms with Gasteiger partial charge in [-0.15, -0.1) is 0 Å². The molecule has 98 valence electrons. The normalized spacial score (nSPS) is 10.2. The molecule has 0 saturated carbocycles. The Morgan fingerprint density at radius 2 is 1.50 bits per heavy atom. The second-order valence-corrected chi connectivity index (χ2v) is 4.28. The molecule has 3 aromatic heterocycles. The van der Waals surface area contributed by atoms with Crippen LogP contribution in [0.4, 0.5) is 11.5 Å². The van der Waals surface area contributed by atoms with Crippen molar-refractivity contribution in [3.63, 3.8) is 0 Å². The maximum absolute atomic E-state index is 4.45. The molecule has 0 unspecified atom stereocenters. The van der Waals surface area contributed by atoms with Crippen LogP contribution in [0.1, 0.15) is 5.82 Å². The molecule has 0 bridgehead atoms. The molecule has 0 saturated heterocycles. The first-order valence-corrected chi connectivity index (χ1v) is 6.24. The minimum absolute atomic E-state index is 0.718. The van der Waals surface area contributed by atoms with E-state index in [9.17, 15) is 0 Å². The van der Waals surface area contributed by atoms with Crippen LogP contribution < -0.4 is 5.32 Å². The number of pyridine rings is 2.